The van der Waals surface area contributed by atoms with Crippen molar-refractivity contribution in [2.45, 2.75) is 50.6 Å². The van der Waals surface area contributed by atoms with E-state index in [0.29, 0.717) is 13.1 Å². The van der Waals surface area contributed by atoms with E-state index in [1.165, 1.54) is 12.8 Å². The molecular weight excluding hydrogens is 250 g/mol. The summed E-state index contributed by atoms with van der Waals surface area (Å²) in [5.41, 5.74) is 6.81. The zero-order valence-corrected chi connectivity index (χ0v) is 12.0. The summed E-state index contributed by atoms with van der Waals surface area (Å²) in [6.07, 6.45) is 6.76. The Morgan fingerprint density at radius 1 is 1.10 bits per heavy atom. The lowest BCUT2D eigenvalue weighted by Gasteiger charge is -2.32. The van der Waals surface area contributed by atoms with Gasteiger partial charge < -0.3 is 16.4 Å². The molecule has 20 heavy (non-hydrogen) atoms. The molecule has 2 amide bonds. The second-order valence-corrected chi connectivity index (χ2v) is 5.69. The fourth-order valence-corrected chi connectivity index (χ4v) is 2.85. The minimum Gasteiger partial charge on any atom is -0.334 e. The maximum Gasteiger partial charge on any atom is 0.315 e. The Bertz CT molecular complexity index is 411. The minimum atomic E-state index is -0.211. The van der Waals surface area contributed by atoms with E-state index in [0.717, 1.165) is 31.2 Å². The van der Waals surface area contributed by atoms with E-state index in [1.54, 1.807) is 0 Å². The molecule has 4 heteroatoms. The van der Waals surface area contributed by atoms with Gasteiger partial charge >= 0.3 is 6.03 Å². The summed E-state index contributed by atoms with van der Waals surface area (Å²) in [4.78, 5) is 12.1. The molecule has 0 heterocycles. The molecule has 1 aromatic carbocycles. The van der Waals surface area contributed by atoms with E-state index >= 15 is 0 Å². The molecule has 1 fully saturated rings. The number of urea groups is 1. The van der Waals surface area contributed by atoms with Crippen molar-refractivity contribution in [2.75, 3.05) is 6.54 Å². The monoisotopic (exact) mass is 275 g/mol. The Balaban J connectivity index is 1.85. The van der Waals surface area contributed by atoms with Gasteiger partial charge in [-0.25, -0.2) is 4.79 Å². The van der Waals surface area contributed by atoms with Crippen molar-refractivity contribution in [1.82, 2.24) is 10.6 Å². The highest BCUT2D eigenvalue weighted by molar-refractivity contribution is 5.74. The number of nitrogens with two attached hydrogens (primary N) is 1. The smallest absolute Gasteiger partial charge is 0.315 e. The summed E-state index contributed by atoms with van der Waals surface area (Å²) >= 11 is 0. The molecule has 110 valence electrons. The Labute approximate surface area is 121 Å². The van der Waals surface area contributed by atoms with Crippen LogP contribution in [0.25, 0.3) is 0 Å². The quantitative estimate of drug-likeness (QED) is 0.739. The third kappa shape index (κ3) is 4.23. The number of benzene rings is 1. The van der Waals surface area contributed by atoms with E-state index in [2.05, 4.69) is 10.6 Å². The van der Waals surface area contributed by atoms with Gasteiger partial charge in [0.1, 0.15) is 0 Å². The second-order valence-electron chi connectivity index (χ2n) is 5.69. The zero-order chi connectivity index (χ0) is 14.3. The van der Waals surface area contributed by atoms with Crippen LogP contribution in [0.4, 0.5) is 4.79 Å². The van der Waals surface area contributed by atoms with Gasteiger partial charge in [0.25, 0.3) is 0 Å². The van der Waals surface area contributed by atoms with Crippen LogP contribution in [0.2, 0.25) is 0 Å². The maximum atomic E-state index is 12.1. The number of hydrogen-bond acceptors (Lipinski definition) is 2. The lowest BCUT2D eigenvalue weighted by molar-refractivity contribution is 0.218. The first-order valence-electron chi connectivity index (χ1n) is 7.54. The van der Waals surface area contributed by atoms with Crippen LogP contribution in [0.15, 0.2) is 30.3 Å². The van der Waals surface area contributed by atoms with Crippen LogP contribution < -0.4 is 16.4 Å². The van der Waals surface area contributed by atoms with Crippen molar-refractivity contribution < 1.29 is 4.79 Å². The first-order chi connectivity index (χ1) is 9.74. The van der Waals surface area contributed by atoms with Crippen molar-refractivity contribution in [3.63, 3.8) is 0 Å². The van der Waals surface area contributed by atoms with Crippen molar-refractivity contribution in [2.24, 2.45) is 5.73 Å². The molecule has 0 unspecified atom stereocenters. The number of carbonyl (C=O) groups is 1. The highest BCUT2D eigenvalue weighted by atomic mass is 16.2. The Hall–Kier alpha value is -1.55. The summed E-state index contributed by atoms with van der Waals surface area (Å²) < 4.78 is 0. The highest BCUT2D eigenvalue weighted by Gasteiger charge is 2.30. The van der Waals surface area contributed by atoms with Gasteiger partial charge in [0.15, 0.2) is 0 Å². The molecule has 4 nitrogen and oxygen atoms in total. The molecule has 0 saturated heterocycles. The molecule has 1 saturated carbocycles. The highest BCUT2D eigenvalue weighted by Crippen LogP contribution is 2.26. The van der Waals surface area contributed by atoms with Gasteiger partial charge in [-0.15, -0.1) is 0 Å². The summed E-state index contributed by atoms with van der Waals surface area (Å²) in [7, 11) is 0. The van der Waals surface area contributed by atoms with Gasteiger partial charge in [-0.3, -0.25) is 0 Å². The van der Waals surface area contributed by atoms with Crippen LogP contribution in [0, 0.1) is 0 Å². The predicted octanol–water partition coefficient (Wildman–Crippen LogP) is 2.54. The Morgan fingerprint density at radius 3 is 2.35 bits per heavy atom. The van der Waals surface area contributed by atoms with Gasteiger partial charge in [0, 0.05) is 13.1 Å². The van der Waals surface area contributed by atoms with E-state index in [4.69, 9.17) is 5.73 Å². The molecule has 0 aromatic heterocycles. The van der Waals surface area contributed by atoms with E-state index in [9.17, 15) is 4.79 Å². The largest absolute Gasteiger partial charge is 0.334 e. The number of carbonyl (C=O) groups excluding carboxylic acids is 1. The van der Waals surface area contributed by atoms with Crippen molar-refractivity contribution in [1.29, 1.82) is 0 Å². The van der Waals surface area contributed by atoms with Crippen LogP contribution in [0.3, 0.4) is 0 Å². The van der Waals surface area contributed by atoms with Crippen molar-refractivity contribution in [3.05, 3.63) is 35.9 Å². The average Bonchev–Trinajstić information content (AvgIpc) is 2.72. The Morgan fingerprint density at radius 2 is 1.75 bits per heavy atom. The molecule has 4 N–H and O–H groups in total. The number of hydrogen-bond donors (Lipinski definition) is 3. The molecule has 2 rings (SSSR count). The molecule has 1 aliphatic rings. The van der Waals surface area contributed by atoms with E-state index in [-0.39, 0.29) is 11.6 Å². The fourth-order valence-electron chi connectivity index (χ4n) is 2.85. The van der Waals surface area contributed by atoms with Crippen LogP contribution in [0.5, 0.6) is 0 Å². The van der Waals surface area contributed by atoms with E-state index in [1.807, 2.05) is 30.3 Å². The molecule has 1 aliphatic carbocycles. The third-order valence-electron chi connectivity index (χ3n) is 4.13. The van der Waals surface area contributed by atoms with Crippen molar-refractivity contribution in [3.8, 4) is 0 Å². The van der Waals surface area contributed by atoms with Gasteiger partial charge in [0.2, 0.25) is 0 Å². The molecule has 1 aromatic rings. The predicted molar refractivity (Wildman–Crippen MR) is 81.3 cm³/mol. The number of nitrogens with one attached hydrogen (secondary N) is 2. The van der Waals surface area contributed by atoms with Gasteiger partial charge in [-0.2, -0.15) is 0 Å². The van der Waals surface area contributed by atoms with E-state index < -0.39 is 0 Å². The lowest BCUT2D eigenvalue weighted by atomic mass is 9.90. The van der Waals surface area contributed by atoms with Gasteiger partial charge in [-0.05, 0) is 18.4 Å². The topological polar surface area (TPSA) is 67.1 Å². The zero-order valence-electron chi connectivity index (χ0n) is 12.0. The first-order valence-corrected chi connectivity index (χ1v) is 7.54. The van der Waals surface area contributed by atoms with Crippen LogP contribution in [-0.2, 0) is 6.54 Å². The molecule has 0 radical (unpaired) electrons. The molecule has 0 atom stereocenters. The number of rotatable bonds is 4. The molecule has 0 spiro atoms. The molecule has 0 bridgehead atoms. The summed E-state index contributed by atoms with van der Waals surface area (Å²) in [6.45, 7) is 1.07. The SMILES string of the molecule is NCC1(NC(=O)NCc2ccccc2)CCCCCC1. The standard InChI is InChI=1S/C16H25N3O/c17-13-16(10-6-1-2-7-11-16)19-15(20)18-12-14-8-4-3-5-9-14/h3-5,8-9H,1-2,6-7,10-13,17H2,(H2,18,19,20). The van der Waals surface area contributed by atoms with Crippen LogP contribution in [0.1, 0.15) is 44.1 Å². The van der Waals surface area contributed by atoms with Crippen molar-refractivity contribution >= 4 is 6.03 Å². The normalized spacial score (nSPS) is 18.1. The van der Waals surface area contributed by atoms with Crippen LogP contribution in [-0.4, -0.2) is 18.1 Å². The summed E-state index contributed by atoms with van der Waals surface area (Å²) in [5, 5.41) is 6.04. The minimum absolute atomic E-state index is 0.110. The van der Waals surface area contributed by atoms with Gasteiger partial charge in [-0.1, -0.05) is 56.0 Å². The Kier molecular flexibility index (Phi) is 5.41. The summed E-state index contributed by atoms with van der Waals surface area (Å²) in [5.74, 6) is 0. The molecular formula is C16H25N3O. The maximum absolute atomic E-state index is 12.1. The summed E-state index contributed by atoms with van der Waals surface area (Å²) in [6, 6.07) is 9.82. The third-order valence-corrected chi connectivity index (χ3v) is 4.13. The average molecular weight is 275 g/mol. The fraction of sp³-hybridized carbons (Fsp3) is 0.562. The molecule has 0 aliphatic heterocycles. The number of amides is 2. The van der Waals surface area contributed by atoms with Crippen LogP contribution >= 0.6 is 0 Å². The second kappa shape index (κ2) is 7.29. The van der Waals surface area contributed by atoms with Gasteiger partial charge in [0.05, 0.1) is 5.54 Å². The lowest BCUT2D eigenvalue weighted by Crippen LogP contribution is -2.56. The first kappa shape index (κ1) is 14.9.